The number of allylic oxidation sites excluding steroid dienone is 4. The molecule has 1 aliphatic rings. The van der Waals surface area contributed by atoms with E-state index in [0.29, 0.717) is 0 Å². The summed E-state index contributed by atoms with van der Waals surface area (Å²) in [6.07, 6.45) is 5.90. The van der Waals surface area contributed by atoms with Gasteiger partial charge in [0.2, 0.25) is 0 Å². The van der Waals surface area contributed by atoms with Crippen molar-refractivity contribution in [2.24, 2.45) is 0 Å². The Morgan fingerprint density at radius 1 is 1.04 bits per heavy atom. The van der Waals surface area contributed by atoms with Crippen molar-refractivity contribution >= 4 is 16.3 Å². The number of benzene rings is 2. The van der Waals surface area contributed by atoms with Crippen molar-refractivity contribution < 1.29 is 0 Å². The summed E-state index contributed by atoms with van der Waals surface area (Å²) in [5.41, 5.74) is 7.28. The number of hydrogen-bond donors (Lipinski definition) is 1. The molecule has 0 radical (unpaired) electrons. The van der Waals surface area contributed by atoms with E-state index in [1.807, 2.05) is 0 Å². The Labute approximate surface area is 140 Å². The van der Waals surface area contributed by atoms with Gasteiger partial charge in [-0.15, -0.1) is 0 Å². The molecule has 1 N–H and O–H groups in total. The van der Waals surface area contributed by atoms with Crippen LogP contribution in [0.2, 0.25) is 0 Å². The molecule has 1 nitrogen and oxygen atoms in total. The zero-order valence-corrected chi connectivity index (χ0v) is 14.6. The van der Waals surface area contributed by atoms with Crippen LogP contribution in [0.3, 0.4) is 0 Å². The van der Waals surface area contributed by atoms with E-state index in [9.17, 15) is 0 Å². The van der Waals surface area contributed by atoms with Gasteiger partial charge in [-0.2, -0.15) is 0 Å². The second kappa shape index (κ2) is 7.14. The van der Waals surface area contributed by atoms with Crippen LogP contribution < -0.4 is 5.32 Å². The molecule has 0 atom stereocenters. The Morgan fingerprint density at radius 3 is 2.61 bits per heavy atom. The molecule has 0 saturated heterocycles. The minimum atomic E-state index is 0.951. The lowest BCUT2D eigenvalue weighted by Gasteiger charge is -2.16. The maximum atomic E-state index is 3.65. The topological polar surface area (TPSA) is 12.0 Å². The zero-order valence-electron chi connectivity index (χ0n) is 14.6. The second-order valence-electron chi connectivity index (χ2n) is 6.67. The van der Waals surface area contributed by atoms with Crippen LogP contribution in [0.15, 0.2) is 53.6 Å². The Balaban J connectivity index is 2.01. The number of nitrogens with one attached hydrogen (secondary N) is 1. The molecule has 23 heavy (non-hydrogen) atoms. The van der Waals surface area contributed by atoms with Crippen LogP contribution in [0.5, 0.6) is 0 Å². The van der Waals surface area contributed by atoms with Crippen LogP contribution in [0.1, 0.15) is 51.2 Å². The molecule has 3 rings (SSSR count). The van der Waals surface area contributed by atoms with Crippen LogP contribution in [0, 0.1) is 0 Å². The third-order valence-corrected chi connectivity index (χ3v) is 4.77. The highest BCUT2D eigenvalue weighted by Gasteiger charge is 2.16. The summed E-state index contributed by atoms with van der Waals surface area (Å²) in [4.78, 5) is 0. The zero-order chi connectivity index (χ0) is 16.2. The first-order chi connectivity index (χ1) is 11.2. The average molecular weight is 305 g/mol. The summed E-state index contributed by atoms with van der Waals surface area (Å²) in [5.74, 6) is 0. The predicted molar refractivity (Wildman–Crippen MR) is 102 cm³/mol. The van der Waals surface area contributed by atoms with E-state index >= 15 is 0 Å². The highest BCUT2D eigenvalue weighted by Crippen LogP contribution is 2.36. The van der Waals surface area contributed by atoms with Gasteiger partial charge in [0.05, 0.1) is 0 Å². The van der Waals surface area contributed by atoms with Crippen LogP contribution in [-0.2, 0) is 6.54 Å². The van der Waals surface area contributed by atoms with Crippen molar-refractivity contribution in [3.63, 3.8) is 0 Å². The maximum absolute atomic E-state index is 3.65. The van der Waals surface area contributed by atoms with Gasteiger partial charge in [-0.05, 0) is 66.3 Å². The summed E-state index contributed by atoms with van der Waals surface area (Å²) in [7, 11) is 0. The summed E-state index contributed by atoms with van der Waals surface area (Å²) in [5, 5.41) is 6.37. The van der Waals surface area contributed by atoms with Gasteiger partial charge in [-0.3, -0.25) is 0 Å². The standard InChI is InChI=1S/C22H27N/c1-4-5-12-23-15-22-19-9-7-6-8-18(19)10-11-20(22)21-14-16(2)13-17(21)3/h6-11,13,23H,4-5,12,14-15H2,1-3H3. The largest absolute Gasteiger partial charge is 0.313 e. The van der Waals surface area contributed by atoms with Gasteiger partial charge in [0, 0.05) is 6.54 Å². The molecule has 0 spiro atoms. The Kier molecular flexibility index (Phi) is 4.97. The smallest absolute Gasteiger partial charge is 0.0217 e. The number of rotatable bonds is 6. The second-order valence-corrected chi connectivity index (χ2v) is 6.67. The normalized spacial score (nSPS) is 14.7. The molecule has 0 fully saturated rings. The molecule has 0 amide bonds. The Bertz CT molecular complexity index is 765. The molecular formula is C22H27N. The van der Waals surface area contributed by atoms with Crippen LogP contribution in [-0.4, -0.2) is 6.54 Å². The third-order valence-electron chi connectivity index (χ3n) is 4.77. The van der Waals surface area contributed by atoms with Gasteiger partial charge < -0.3 is 5.32 Å². The fraction of sp³-hybridized carbons (Fsp3) is 0.364. The molecule has 2 aromatic rings. The quantitative estimate of drug-likeness (QED) is 0.660. The molecule has 0 unspecified atom stereocenters. The minimum Gasteiger partial charge on any atom is -0.313 e. The molecule has 2 aromatic carbocycles. The number of fused-ring (bicyclic) bond motifs is 1. The molecule has 120 valence electrons. The van der Waals surface area contributed by atoms with Crippen LogP contribution >= 0.6 is 0 Å². The summed E-state index contributed by atoms with van der Waals surface area (Å²) in [6, 6.07) is 13.4. The van der Waals surface area contributed by atoms with Gasteiger partial charge in [0.1, 0.15) is 0 Å². The van der Waals surface area contributed by atoms with Crippen molar-refractivity contribution in [1.29, 1.82) is 0 Å². The highest BCUT2D eigenvalue weighted by molar-refractivity contribution is 5.92. The number of hydrogen-bond acceptors (Lipinski definition) is 1. The van der Waals surface area contributed by atoms with E-state index in [1.54, 1.807) is 0 Å². The van der Waals surface area contributed by atoms with Gasteiger partial charge in [-0.25, -0.2) is 0 Å². The minimum absolute atomic E-state index is 0.951. The van der Waals surface area contributed by atoms with Gasteiger partial charge in [-0.1, -0.05) is 61.4 Å². The maximum Gasteiger partial charge on any atom is 0.0217 e. The molecule has 1 heteroatoms. The molecule has 0 bridgehead atoms. The molecule has 1 aliphatic carbocycles. The lowest BCUT2D eigenvalue weighted by molar-refractivity contribution is 0.642. The van der Waals surface area contributed by atoms with Crippen molar-refractivity contribution in [3.8, 4) is 0 Å². The fourth-order valence-electron chi connectivity index (χ4n) is 3.56. The summed E-state index contributed by atoms with van der Waals surface area (Å²) < 4.78 is 0. The van der Waals surface area contributed by atoms with Crippen LogP contribution in [0.4, 0.5) is 0 Å². The highest BCUT2D eigenvalue weighted by atomic mass is 14.8. The monoisotopic (exact) mass is 305 g/mol. The third kappa shape index (κ3) is 3.40. The molecule has 0 aliphatic heterocycles. The van der Waals surface area contributed by atoms with E-state index in [-0.39, 0.29) is 0 Å². The Hall–Kier alpha value is -1.86. The van der Waals surface area contributed by atoms with Crippen molar-refractivity contribution in [1.82, 2.24) is 5.32 Å². The van der Waals surface area contributed by atoms with Crippen LogP contribution in [0.25, 0.3) is 16.3 Å². The van der Waals surface area contributed by atoms with E-state index in [0.717, 1.165) is 19.5 Å². The lowest BCUT2D eigenvalue weighted by Crippen LogP contribution is -2.16. The molecule has 0 heterocycles. The van der Waals surface area contributed by atoms with Gasteiger partial charge in [0.25, 0.3) is 0 Å². The molecule has 0 saturated carbocycles. The van der Waals surface area contributed by atoms with E-state index in [2.05, 4.69) is 68.6 Å². The average Bonchev–Trinajstić information content (AvgIpc) is 2.89. The van der Waals surface area contributed by atoms with Gasteiger partial charge in [0.15, 0.2) is 0 Å². The first-order valence-electron chi connectivity index (χ1n) is 8.79. The predicted octanol–water partition coefficient (Wildman–Crippen LogP) is 5.85. The van der Waals surface area contributed by atoms with Crippen molar-refractivity contribution in [2.45, 2.75) is 46.6 Å². The van der Waals surface area contributed by atoms with Crippen molar-refractivity contribution in [3.05, 3.63) is 64.7 Å². The van der Waals surface area contributed by atoms with Gasteiger partial charge >= 0.3 is 0 Å². The van der Waals surface area contributed by atoms with E-state index in [1.165, 1.54) is 51.5 Å². The lowest BCUT2D eigenvalue weighted by atomic mass is 9.91. The molecular weight excluding hydrogens is 278 g/mol. The summed E-state index contributed by atoms with van der Waals surface area (Å²) >= 11 is 0. The number of unbranched alkanes of at least 4 members (excludes halogenated alkanes) is 1. The molecule has 0 aromatic heterocycles. The van der Waals surface area contributed by atoms with E-state index in [4.69, 9.17) is 0 Å². The first kappa shape index (κ1) is 16.0. The first-order valence-corrected chi connectivity index (χ1v) is 8.79. The summed E-state index contributed by atoms with van der Waals surface area (Å²) in [6.45, 7) is 8.76. The SMILES string of the molecule is CCCCNCc1c(C2=C(C)C=C(C)C2)ccc2ccccc12. The van der Waals surface area contributed by atoms with Crippen molar-refractivity contribution in [2.75, 3.05) is 6.54 Å². The van der Waals surface area contributed by atoms with E-state index < -0.39 is 0 Å². The fourth-order valence-corrected chi connectivity index (χ4v) is 3.56. The Morgan fingerprint density at radius 2 is 1.87 bits per heavy atom.